The molecule has 0 fully saturated rings. The third-order valence-corrected chi connectivity index (χ3v) is 2.12. The Bertz CT molecular complexity index is 411. The number of hydrogen-bond donors (Lipinski definition) is 0. The number of ether oxygens (including phenoxy) is 1. The standard InChI is InChI=1S/C14H18O2/c1-10-8-6-7-9-12(10)11(2)13(15)16-14(3,4)5/h6-9H,2H2,1,3-5H3. The lowest BCUT2D eigenvalue weighted by Crippen LogP contribution is -2.24. The van der Waals surface area contributed by atoms with Crippen molar-refractivity contribution >= 4 is 11.5 Å². The summed E-state index contributed by atoms with van der Waals surface area (Å²) in [6, 6.07) is 7.64. The average molecular weight is 218 g/mol. The third-order valence-electron chi connectivity index (χ3n) is 2.12. The highest BCUT2D eigenvalue weighted by molar-refractivity contribution is 6.16. The zero-order valence-corrected chi connectivity index (χ0v) is 10.3. The van der Waals surface area contributed by atoms with Gasteiger partial charge in [0.1, 0.15) is 5.60 Å². The lowest BCUT2D eigenvalue weighted by atomic mass is 10.0. The van der Waals surface area contributed by atoms with Gasteiger partial charge in [-0.25, -0.2) is 4.79 Å². The van der Waals surface area contributed by atoms with Crippen LogP contribution >= 0.6 is 0 Å². The van der Waals surface area contributed by atoms with Crippen molar-refractivity contribution < 1.29 is 9.53 Å². The van der Waals surface area contributed by atoms with Crippen molar-refractivity contribution in [1.82, 2.24) is 0 Å². The maximum atomic E-state index is 11.8. The Balaban J connectivity index is 2.88. The number of hydrogen-bond acceptors (Lipinski definition) is 2. The van der Waals surface area contributed by atoms with Crippen LogP contribution in [0, 0.1) is 6.92 Å². The van der Waals surface area contributed by atoms with Gasteiger partial charge >= 0.3 is 5.97 Å². The zero-order valence-electron chi connectivity index (χ0n) is 10.3. The molecule has 0 aliphatic rings. The number of carbonyl (C=O) groups is 1. The summed E-state index contributed by atoms with van der Waals surface area (Å²) in [6.45, 7) is 11.3. The van der Waals surface area contributed by atoms with Gasteiger partial charge in [-0.1, -0.05) is 30.8 Å². The molecule has 0 heterocycles. The zero-order chi connectivity index (χ0) is 12.3. The van der Waals surface area contributed by atoms with Crippen molar-refractivity contribution in [1.29, 1.82) is 0 Å². The van der Waals surface area contributed by atoms with E-state index in [1.165, 1.54) is 0 Å². The van der Waals surface area contributed by atoms with Crippen molar-refractivity contribution in [3.63, 3.8) is 0 Å². The van der Waals surface area contributed by atoms with Crippen molar-refractivity contribution in [2.75, 3.05) is 0 Å². The minimum Gasteiger partial charge on any atom is -0.456 e. The molecule has 0 spiro atoms. The number of esters is 1. The predicted octanol–water partition coefficient (Wildman–Crippen LogP) is 3.35. The first-order valence-electron chi connectivity index (χ1n) is 5.29. The van der Waals surface area contributed by atoms with Crippen LogP contribution in [0.25, 0.3) is 5.57 Å². The van der Waals surface area contributed by atoms with E-state index in [1.54, 1.807) is 0 Å². The molecule has 86 valence electrons. The molecular weight excluding hydrogens is 200 g/mol. The SMILES string of the molecule is C=C(C(=O)OC(C)(C)C)c1ccccc1C. The van der Waals surface area contributed by atoms with Crippen molar-refractivity contribution in [3.8, 4) is 0 Å². The van der Waals surface area contributed by atoms with Crippen molar-refractivity contribution in [2.45, 2.75) is 33.3 Å². The van der Waals surface area contributed by atoms with E-state index in [9.17, 15) is 4.79 Å². The number of aryl methyl sites for hydroxylation is 1. The molecule has 0 unspecified atom stereocenters. The van der Waals surface area contributed by atoms with Gasteiger partial charge in [0.15, 0.2) is 0 Å². The second-order valence-corrected chi connectivity index (χ2v) is 4.80. The fourth-order valence-electron chi connectivity index (χ4n) is 1.36. The minimum absolute atomic E-state index is 0.359. The molecule has 16 heavy (non-hydrogen) atoms. The molecule has 0 radical (unpaired) electrons. The second kappa shape index (κ2) is 4.52. The minimum atomic E-state index is -0.483. The monoisotopic (exact) mass is 218 g/mol. The molecule has 0 atom stereocenters. The summed E-state index contributed by atoms with van der Waals surface area (Å²) in [7, 11) is 0. The Labute approximate surface area is 96.9 Å². The fraction of sp³-hybridized carbons (Fsp3) is 0.357. The van der Waals surface area contributed by atoms with E-state index in [0.29, 0.717) is 5.57 Å². The van der Waals surface area contributed by atoms with E-state index in [0.717, 1.165) is 11.1 Å². The van der Waals surface area contributed by atoms with Crippen LogP contribution in [0.2, 0.25) is 0 Å². The molecule has 2 nitrogen and oxygen atoms in total. The average Bonchev–Trinajstić information content (AvgIpc) is 2.15. The number of rotatable bonds is 2. The second-order valence-electron chi connectivity index (χ2n) is 4.80. The molecule has 0 aliphatic heterocycles. The lowest BCUT2D eigenvalue weighted by Gasteiger charge is -2.20. The van der Waals surface area contributed by atoms with E-state index in [-0.39, 0.29) is 5.97 Å². The Morgan fingerprint density at radius 1 is 1.25 bits per heavy atom. The Kier molecular flexibility index (Phi) is 3.53. The van der Waals surface area contributed by atoms with Crippen LogP contribution in [0.5, 0.6) is 0 Å². The molecule has 0 amide bonds. The van der Waals surface area contributed by atoms with Gasteiger partial charge in [0.2, 0.25) is 0 Å². The molecule has 0 aromatic heterocycles. The molecule has 0 N–H and O–H groups in total. The molecule has 1 aromatic rings. The third kappa shape index (κ3) is 3.23. The molecule has 0 bridgehead atoms. The molecule has 1 rings (SSSR count). The highest BCUT2D eigenvalue weighted by Crippen LogP contribution is 2.20. The van der Waals surface area contributed by atoms with Gasteiger partial charge < -0.3 is 4.74 Å². The summed E-state index contributed by atoms with van der Waals surface area (Å²) in [5.74, 6) is -0.359. The van der Waals surface area contributed by atoms with Gasteiger partial charge in [-0.05, 0) is 38.8 Å². The first-order valence-corrected chi connectivity index (χ1v) is 5.29. The molecule has 2 heteroatoms. The summed E-state index contributed by atoms with van der Waals surface area (Å²) in [6.07, 6.45) is 0. The number of carbonyl (C=O) groups excluding carboxylic acids is 1. The Morgan fingerprint density at radius 2 is 1.81 bits per heavy atom. The van der Waals surface area contributed by atoms with E-state index >= 15 is 0 Å². The van der Waals surface area contributed by atoms with E-state index in [2.05, 4.69) is 6.58 Å². The van der Waals surface area contributed by atoms with Crippen LogP contribution in [0.4, 0.5) is 0 Å². The first kappa shape index (κ1) is 12.5. The van der Waals surface area contributed by atoms with Crippen LogP contribution in [0.1, 0.15) is 31.9 Å². The first-order chi connectivity index (χ1) is 7.31. The topological polar surface area (TPSA) is 26.3 Å². The maximum absolute atomic E-state index is 11.8. The summed E-state index contributed by atoms with van der Waals surface area (Å²) >= 11 is 0. The molecule has 1 aromatic carbocycles. The number of benzene rings is 1. The van der Waals surface area contributed by atoms with Gasteiger partial charge in [-0.2, -0.15) is 0 Å². The van der Waals surface area contributed by atoms with Gasteiger partial charge in [0, 0.05) is 0 Å². The maximum Gasteiger partial charge on any atom is 0.338 e. The van der Waals surface area contributed by atoms with Crippen molar-refractivity contribution in [3.05, 3.63) is 42.0 Å². The summed E-state index contributed by atoms with van der Waals surface area (Å²) in [5, 5.41) is 0. The highest BCUT2D eigenvalue weighted by atomic mass is 16.6. The van der Waals surface area contributed by atoms with E-state index in [1.807, 2.05) is 52.0 Å². The summed E-state index contributed by atoms with van der Waals surface area (Å²) in [5.41, 5.74) is 1.80. The van der Waals surface area contributed by atoms with Crippen molar-refractivity contribution in [2.24, 2.45) is 0 Å². The molecule has 0 saturated carbocycles. The normalized spacial score (nSPS) is 11.0. The smallest absolute Gasteiger partial charge is 0.338 e. The van der Waals surface area contributed by atoms with Gasteiger partial charge in [-0.15, -0.1) is 0 Å². The van der Waals surface area contributed by atoms with Crippen LogP contribution in [-0.4, -0.2) is 11.6 Å². The molecule has 0 aliphatic carbocycles. The van der Waals surface area contributed by atoms with E-state index < -0.39 is 5.60 Å². The van der Waals surface area contributed by atoms with Crippen LogP contribution in [0.15, 0.2) is 30.8 Å². The summed E-state index contributed by atoms with van der Waals surface area (Å²) < 4.78 is 5.27. The van der Waals surface area contributed by atoms with Crippen LogP contribution in [-0.2, 0) is 9.53 Å². The largest absolute Gasteiger partial charge is 0.456 e. The Hall–Kier alpha value is -1.57. The lowest BCUT2D eigenvalue weighted by molar-refractivity contribution is -0.147. The Morgan fingerprint density at radius 3 is 2.31 bits per heavy atom. The predicted molar refractivity (Wildman–Crippen MR) is 66.1 cm³/mol. The van der Waals surface area contributed by atoms with Crippen LogP contribution in [0.3, 0.4) is 0 Å². The van der Waals surface area contributed by atoms with Gasteiger partial charge in [0.25, 0.3) is 0 Å². The van der Waals surface area contributed by atoms with E-state index in [4.69, 9.17) is 4.74 Å². The molecular formula is C14H18O2. The van der Waals surface area contributed by atoms with Gasteiger partial charge in [-0.3, -0.25) is 0 Å². The fourth-order valence-corrected chi connectivity index (χ4v) is 1.36. The molecule has 0 saturated heterocycles. The quantitative estimate of drug-likeness (QED) is 0.562. The van der Waals surface area contributed by atoms with Gasteiger partial charge in [0.05, 0.1) is 5.57 Å². The van der Waals surface area contributed by atoms with Crippen LogP contribution < -0.4 is 0 Å². The summed E-state index contributed by atoms with van der Waals surface area (Å²) in [4.78, 5) is 11.8. The highest BCUT2D eigenvalue weighted by Gasteiger charge is 2.20.